The normalized spacial score (nSPS) is 21.4. The van der Waals surface area contributed by atoms with E-state index < -0.39 is 0 Å². The number of amides is 1. The van der Waals surface area contributed by atoms with E-state index in [1.165, 1.54) is 5.56 Å². The summed E-state index contributed by atoms with van der Waals surface area (Å²) < 4.78 is 16.1. The molecule has 5 heterocycles. The Labute approximate surface area is 192 Å². The van der Waals surface area contributed by atoms with Gasteiger partial charge in [-0.15, -0.1) is 0 Å². The van der Waals surface area contributed by atoms with Crippen LogP contribution in [0.1, 0.15) is 17.9 Å². The first-order valence-corrected chi connectivity index (χ1v) is 11.7. The Morgan fingerprint density at radius 1 is 1.03 bits per heavy atom. The molecule has 2 aromatic heterocycles. The zero-order valence-electron chi connectivity index (χ0n) is 18.5. The molecule has 3 aliphatic rings. The number of fused-ring (bicyclic) bond motifs is 1. The quantitative estimate of drug-likeness (QED) is 0.659. The molecule has 8 heteroatoms. The third kappa shape index (κ3) is 4.05. The second-order valence-electron chi connectivity index (χ2n) is 8.98. The number of H-pyrrole nitrogens is 1. The van der Waals surface area contributed by atoms with Crippen molar-refractivity contribution in [2.75, 3.05) is 57.5 Å². The Morgan fingerprint density at radius 2 is 1.85 bits per heavy atom. The first kappa shape index (κ1) is 20.5. The number of nitrogens with zero attached hydrogens (tertiary/aromatic N) is 3. The van der Waals surface area contributed by atoms with Crippen LogP contribution >= 0.6 is 0 Å². The number of aromatic amines is 1. The summed E-state index contributed by atoms with van der Waals surface area (Å²) in [6.07, 6.45) is 2.62. The molecule has 0 saturated carbocycles. The summed E-state index contributed by atoms with van der Waals surface area (Å²) in [4.78, 5) is 24.5. The number of hydrogen-bond acceptors (Lipinski definition) is 6. The molecule has 0 radical (unpaired) electrons. The predicted molar refractivity (Wildman–Crippen MR) is 125 cm³/mol. The number of pyridine rings is 1. The van der Waals surface area contributed by atoms with Gasteiger partial charge in [-0.1, -0.05) is 24.3 Å². The lowest BCUT2D eigenvalue weighted by Crippen LogP contribution is -2.51. The van der Waals surface area contributed by atoms with Gasteiger partial charge in [-0.05, 0) is 29.7 Å². The maximum Gasteiger partial charge on any atom is 0.410 e. The number of carbonyl (C=O) groups is 1. The average Bonchev–Trinajstić information content (AvgIpc) is 3.51. The topological polar surface area (TPSA) is 79.9 Å². The predicted octanol–water partition coefficient (Wildman–Crippen LogP) is 3.39. The van der Waals surface area contributed by atoms with Crippen molar-refractivity contribution in [1.29, 1.82) is 0 Å². The van der Waals surface area contributed by atoms with Crippen LogP contribution in [-0.2, 0) is 14.2 Å². The lowest BCUT2D eigenvalue weighted by atomic mass is 9.97. The van der Waals surface area contributed by atoms with E-state index in [9.17, 15) is 4.79 Å². The monoisotopic (exact) mass is 448 g/mol. The Bertz CT molecular complexity index is 1130. The molecule has 3 aromatic rings. The van der Waals surface area contributed by atoms with Crippen LogP contribution in [0.15, 0.2) is 42.6 Å². The SMILES string of the molecule is O=C(OC1COC1)N1CCN(c2ccnc3[nH]c(-c4ccc(C5CCOC5)cc4)cc23)CC1. The third-order valence-corrected chi connectivity index (χ3v) is 6.89. The van der Waals surface area contributed by atoms with Crippen LogP contribution in [0.2, 0.25) is 0 Å². The number of rotatable bonds is 4. The fourth-order valence-electron chi connectivity index (χ4n) is 4.81. The van der Waals surface area contributed by atoms with E-state index in [0.29, 0.717) is 32.2 Å². The number of hydrogen-bond donors (Lipinski definition) is 1. The van der Waals surface area contributed by atoms with E-state index in [1.54, 1.807) is 4.90 Å². The van der Waals surface area contributed by atoms with Gasteiger partial charge in [-0.25, -0.2) is 9.78 Å². The summed E-state index contributed by atoms with van der Waals surface area (Å²) in [7, 11) is 0. The molecular weight excluding hydrogens is 420 g/mol. The van der Waals surface area contributed by atoms with Crippen LogP contribution in [0, 0.1) is 0 Å². The number of anilines is 1. The third-order valence-electron chi connectivity index (χ3n) is 6.89. The fraction of sp³-hybridized carbons (Fsp3) is 0.440. The molecule has 0 bridgehead atoms. The van der Waals surface area contributed by atoms with Crippen molar-refractivity contribution < 1.29 is 19.0 Å². The van der Waals surface area contributed by atoms with Gasteiger partial charge in [0, 0.05) is 61.7 Å². The maximum absolute atomic E-state index is 12.3. The number of piperazine rings is 1. The highest BCUT2D eigenvalue weighted by Gasteiger charge is 2.28. The molecule has 3 saturated heterocycles. The number of carbonyl (C=O) groups excluding carboxylic acids is 1. The Balaban J connectivity index is 1.17. The number of ether oxygens (including phenoxy) is 3. The van der Waals surface area contributed by atoms with Crippen molar-refractivity contribution in [2.24, 2.45) is 0 Å². The van der Waals surface area contributed by atoms with Crippen molar-refractivity contribution in [3.63, 3.8) is 0 Å². The van der Waals surface area contributed by atoms with Crippen LogP contribution in [0.25, 0.3) is 22.3 Å². The highest BCUT2D eigenvalue weighted by molar-refractivity contribution is 5.94. The highest BCUT2D eigenvalue weighted by atomic mass is 16.6. The minimum absolute atomic E-state index is 0.0887. The van der Waals surface area contributed by atoms with Gasteiger partial charge in [0.2, 0.25) is 0 Å². The van der Waals surface area contributed by atoms with Gasteiger partial charge < -0.3 is 29.0 Å². The van der Waals surface area contributed by atoms with E-state index in [2.05, 4.69) is 51.3 Å². The van der Waals surface area contributed by atoms with Crippen molar-refractivity contribution >= 4 is 22.8 Å². The first-order chi connectivity index (χ1) is 16.2. The van der Waals surface area contributed by atoms with Gasteiger partial charge in [0.15, 0.2) is 6.10 Å². The molecule has 0 spiro atoms. The van der Waals surface area contributed by atoms with Gasteiger partial charge in [0.25, 0.3) is 0 Å². The van der Waals surface area contributed by atoms with Crippen LogP contribution < -0.4 is 4.90 Å². The van der Waals surface area contributed by atoms with E-state index in [-0.39, 0.29) is 12.2 Å². The summed E-state index contributed by atoms with van der Waals surface area (Å²) in [6, 6.07) is 13.0. The molecule has 1 atom stereocenters. The number of benzene rings is 1. The minimum atomic E-state index is -0.237. The lowest BCUT2D eigenvalue weighted by molar-refractivity contribution is -0.104. The van der Waals surface area contributed by atoms with Crippen molar-refractivity contribution in [3.8, 4) is 11.3 Å². The standard InChI is InChI=1S/C25H28N4O4/c30-25(33-20-15-32-16-20)29-10-8-28(9-11-29)23-5-7-26-24-21(23)13-22(27-24)18-3-1-17(2-4-18)19-6-12-31-14-19/h1-5,7,13,19-20H,6,8-12,14-16H2,(H,26,27). The van der Waals surface area contributed by atoms with Crippen molar-refractivity contribution in [1.82, 2.24) is 14.9 Å². The Hall–Kier alpha value is -3.10. The summed E-state index contributed by atoms with van der Waals surface area (Å²) in [5.74, 6) is 0.507. The van der Waals surface area contributed by atoms with E-state index >= 15 is 0 Å². The summed E-state index contributed by atoms with van der Waals surface area (Å²) in [5, 5.41) is 1.10. The zero-order chi connectivity index (χ0) is 22.2. The van der Waals surface area contributed by atoms with Gasteiger partial charge >= 0.3 is 6.09 Å². The molecule has 8 nitrogen and oxygen atoms in total. The maximum atomic E-state index is 12.3. The van der Waals surface area contributed by atoms with Gasteiger partial charge in [-0.2, -0.15) is 0 Å². The average molecular weight is 449 g/mol. The van der Waals surface area contributed by atoms with E-state index in [1.807, 2.05) is 6.20 Å². The molecule has 1 aromatic carbocycles. The summed E-state index contributed by atoms with van der Waals surface area (Å²) >= 11 is 0. The first-order valence-electron chi connectivity index (χ1n) is 11.7. The van der Waals surface area contributed by atoms with Crippen LogP contribution in [0.3, 0.4) is 0 Å². The fourth-order valence-corrected chi connectivity index (χ4v) is 4.81. The molecule has 1 unspecified atom stereocenters. The Kier molecular flexibility index (Phi) is 5.39. The number of nitrogens with one attached hydrogen (secondary N) is 1. The smallest absolute Gasteiger partial charge is 0.410 e. The van der Waals surface area contributed by atoms with Crippen molar-refractivity contribution in [2.45, 2.75) is 18.4 Å². The van der Waals surface area contributed by atoms with Crippen LogP contribution in [-0.4, -0.2) is 79.7 Å². The molecule has 3 fully saturated rings. The van der Waals surface area contributed by atoms with Gasteiger partial charge in [-0.3, -0.25) is 0 Å². The molecule has 6 rings (SSSR count). The van der Waals surface area contributed by atoms with Crippen LogP contribution in [0.5, 0.6) is 0 Å². The second-order valence-corrected chi connectivity index (χ2v) is 8.98. The molecule has 1 amide bonds. The second kappa shape index (κ2) is 8.68. The summed E-state index contributed by atoms with van der Waals surface area (Å²) in [6.45, 7) is 5.48. The lowest BCUT2D eigenvalue weighted by Gasteiger charge is -2.37. The van der Waals surface area contributed by atoms with E-state index in [4.69, 9.17) is 14.2 Å². The van der Waals surface area contributed by atoms with Gasteiger partial charge in [0.1, 0.15) is 5.65 Å². The van der Waals surface area contributed by atoms with Gasteiger partial charge in [0.05, 0.1) is 19.8 Å². The molecule has 0 aliphatic carbocycles. The highest BCUT2D eigenvalue weighted by Crippen LogP contribution is 2.32. The Morgan fingerprint density at radius 3 is 2.55 bits per heavy atom. The molecule has 172 valence electrons. The van der Waals surface area contributed by atoms with Crippen molar-refractivity contribution in [3.05, 3.63) is 48.2 Å². The minimum Gasteiger partial charge on any atom is -0.441 e. The molecule has 3 aliphatic heterocycles. The largest absolute Gasteiger partial charge is 0.441 e. The van der Waals surface area contributed by atoms with E-state index in [0.717, 1.165) is 60.7 Å². The van der Waals surface area contributed by atoms with Crippen LogP contribution in [0.4, 0.5) is 10.5 Å². The summed E-state index contributed by atoms with van der Waals surface area (Å²) in [5.41, 5.74) is 5.57. The number of aromatic nitrogens is 2. The zero-order valence-corrected chi connectivity index (χ0v) is 18.5. The molecular formula is C25H28N4O4. The molecule has 33 heavy (non-hydrogen) atoms. The molecule has 1 N–H and O–H groups in total.